The molecule has 1 atom stereocenters. The molecule has 1 heterocycles. The Balaban J connectivity index is 1.79. The largest absolute Gasteiger partial charge is 0.497 e. The number of ether oxygens (including phenoxy) is 2. The van der Waals surface area contributed by atoms with E-state index in [1.54, 1.807) is 49.3 Å². The van der Waals surface area contributed by atoms with Crippen LogP contribution in [0.2, 0.25) is 5.02 Å². The van der Waals surface area contributed by atoms with Crippen LogP contribution < -0.4 is 10.1 Å². The molecule has 0 saturated carbocycles. The summed E-state index contributed by atoms with van der Waals surface area (Å²) in [4.78, 5) is 19.5. The van der Waals surface area contributed by atoms with Gasteiger partial charge in [0.2, 0.25) is 0 Å². The van der Waals surface area contributed by atoms with Crippen molar-refractivity contribution < 1.29 is 27.4 Å². The van der Waals surface area contributed by atoms with E-state index in [4.69, 9.17) is 26.1 Å². The number of hydrogen-bond donors (Lipinski definition) is 1. The van der Waals surface area contributed by atoms with Crippen molar-refractivity contribution in [1.82, 2.24) is 10.2 Å². The van der Waals surface area contributed by atoms with Gasteiger partial charge in [0.05, 0.1) is 44.5 Å². The summed E-state index contributed by atoms with van der Waals surface area (Å²) in [6, 6.07) is 18.9. The van der Waals surface area contributed by atoms with E-state index >= 15 is 0 Å². The molecule has 3 aromatic carbocycles. The molecule has 4 rings (SSSR count). The van der Waals surface area contributed by atoms with Crippen LogP contribution >= 0.6 is 11.6 Å². The first-order chi connectivity index (χ1) is 18.6. The molecule has 10 heteroatoms. The van der Waals surface area contributed by atoms with Crippen molar-refractivity contribution >= 4 is 23.5 Å². The van der Waals surface area contributed by atoms with Crippen molar-refractivity contribution in [2.45, 2.75) is 32.2 Å². The van der Waals surface area contributed by atoms with Crippen molar-refractivity contribution in [1.29, 1.82) is 0 Å². The van der Waals surface area contributed by atoms with Gasteiger partial charge in [0.1, 0.15) is 5.75 Å². The summed E-state index contributed by atoms with van der Waals surface area (Å²) in [6.07, 6.45) is -4.48. The summed E-state index contributed by atoms with van der Waals surface area (Å²) in [5.74, 6) is 0.536. The van der Waals surface area contributed by atoms with Gasteiger partial charge in [-0.05, 0) is 60.0 Å². The van der Waals surface area contributed by atoms with Gasteiger partial charge in [-0.1, -0.05) is 48.0 Å². The van der Waals surface area contributed by atoms with Crippen LogP contribution in [-0.4, -0.2) is 31.0 Å². The van der Waals surface area contributed by atoms with Crippen molar-refractivity contribution in [3.63, 3.8) is 0 Å². The van der Waals surface area contributed by atoms with Crippen LogP contribution in [0.15, 0.2) is 89.1 Å². The Hall–Kier alpha value is -3.98. The maximum absolute atomic E-state index is 13.4. The Bertz CT molecular complexity index is 1390. The molecule has 1 aliphatic rings. The number of nitrogens with zero attached hydrogens (tertiary/aromatic N) is 2. The monoisotopic (exact) mass is 557 g/mol. The summed E-state index contributed by atoms with van der Waals surface area (Å²) in [7, 11) is 2.86. The van der Waals surface area contributed by atoms with E-state index in [-0.39, 0.29) is 13.1 Å². The molecule has 0 aromatic heterocycles. The smallest absolute Gasteiger partial charge is 0.416 e. The van der Waals surface area contributed by atoms with Gasteiger partial charge in [-0.3, -0.25) is 0 Å². The topological polar surface area (TPSA) is 63.2 Å². The van der Waals surface area contributed by atoms with Crippen LogP contribution in [0.3, 0.4) is 0 Å². The Kier molecular flexibility index (Phi) is 8.50. The molecule has 204 valence electrons. The van der Waals surface area contributed by atoms with Gasteiger partial charge in [0, 0.05) is 10.7 Å². The molecule has 1 N–H and O–H groups in total. The molecular weight excluding hydrogens is 531 g/mol. The fourth-order valence-corrected chi connectivity index (χ4v) is 4.45. The van der Waals surface area contributed by atoms with E-state index in [1.807, 2.05) is 24.3 Å². The molecule has 39 heavy (non-hydrogen) atoms. The third kappa shape index (κ3) is 6.54. The fraction of sp³-hybridized carbons (Fsp3) is 0.241. The lowest BCUT2D eigenvalue weighted by molar-refractivity contribution is -0.138. The lowest BCUT2D eigenvalue weighted by atomic mass is 9.94. The lowest BCUT2D eigenvalue weighted by Crippen LogP contribution is -2.48. The third-order valence-electron chi connectivity index (χ3n) is 6.39. The van der Waals surface area contributed by atoms with E-state index in [2.05, 4.69) is 5.32 Å². The molecule has 1 unspecified atom stereocenters. The number of halogens is 4. The number of aliphatic imine (C=N–C) groups is 1. The quantitative estimate of drug-likeness (QED) is 0.335. The summed E-state index contributed by atoms with van der Waals surface area (Å²) < 4.78 is 50.5. The van der Waals surface area contributed by atoms with E-state index in [1.165, 1.54) is 13.2 Å². The SMILES string of the molecule is COC(=O)C1=C(C)N(Cc2cccc(C(F)(F)F)c2)C(=NCc2ccc(OC)cc2)NC1c1ccc(Cl)cc1. The highest BCUT2D eigenvalue weighted by molar-refractivity contribution is 6.30. The highest BCUT2D eigenvalue weighted by Crippen LogP contribution is 2.34. The highest BCUT2D eigenvalue weighted by Gasteiger charge is 2.36. The minimum absolute atomic E-state index is 0.0397. The van der Waals surface area contributed by atoms with Crippen LogP contribution in [0.5, 0.6) is 5.75 Å². The molecule has 0 aliphatic carbocycles. The normalized spacial score (nSPS) is 16.7. The summed E-state index contributed by atoms with van der Waals surface area (Å²) >= 11 is 6.09. The average Bonchev–Trinajstić information content (AvgIpc) is 2.93. The Morgan fingerprint density at radius 2 is 1.72 bits per heavy atom. The number of alkyl halides is 3. The van der Waals surface area contributed by atoms with Gasteiger partial charge in [-0.15, -0.1) is 0 Å². The predicted molar refractivity (Wildman–Crippen MR) is 143 cm³/mol. The van der Waals surface area contributed by atoms with Gasteiger partial charge in [0.15, 0.2) is 5.96 Å². The number of guanidine groups is 1. The van der Waals surface area contributed by atoms with Crippen LogP contribution in [0.25, 0.3) is 0 Å². The Morgan fingerprint density at radius 1 is 1.03 bits per heavy atom. The first-order valence-corrected chi connectivity index (χ1v) is 12.4. The number of carbonyl (C=O) groups excluding carboxylic acids is 1. The zero-order chi connectivity index (χ0) is 28.2. The molecule has 3 aromatic rings. The Labute approximate surface area is 229 Å². The number of rotatable bonds is 7. The zero-order valence-corrected chi connectivity index (χ0v) is 22.3. The molecule has 0 saturated heterocycles. The predicted octanol–water partition coefficient (Wildman–Crippen LogP) is 6.52. The zero-order valence-electron chi connectivity index (χ0n) is 21.6. The minimum Gasteiger partial charge on any atom is -0.497 e. The van der Waals surface area contributed by atoms with Crippen molar-refractivity contribution in [2.75, 3.05) is 14.2 Å². The summed E-state index contributed by atoms with van der Waals surface area (Å²) in [5, 5.41) is 3.86. The first-order valence-electron chi connectivity index (χ1n) is 12.0. The number of nitrogens with one attached hydrogen (secondary N) is 1. The van der Waals surface area contributed by atoms with Gasteiger partial charge in [0.25, 0.3) is 0 Å². The number of allylic oxidation sites excluding steroid dienone is 1. The lowest BCUT2D eigenvalue weighted by Gasteiger charge is -2.38. The molecule has 6 nitrogen and oxygen atoms in total. The van der Waals surface area contributed by atoms with Crippen LogP contribution in [0.4, 0.5) is 13.2 Å². The number of esters is 1. The second kappa shape index (κ2) is 11.8. The van der Waals surface area contributed by atoms with Crippen molar-refractivity contribution in [3.05, 3.63) is 111 Å². The highest BCUT2D eigenvalue weighted by atomic mass is 35.5. The Morgan fingerprint density at radius 3 is 2.33 bits per heavy atom. The van der Waals surface area contributed by atoms with Gasteiger partial charge < -0.3 is 19.7 Å². The van der Waals surface area contributed by atoms with E-state index < -0.39 is 23.8 Å². The molecule has 0 spiro atoms. The molecule has 0 bridgehead atoms. The maximum atomic E-state index is 13.4. The van der Waals surface area contributed by atoms with Gasteiger partial charge in [-0.25, -0.2) is 9.79 Å². The van der Waals surface area contributed by atoms with Gasteiger partial charge >= 0.3 is 12.1 Å². The number of hydrogen-bond acceptors (Lipinski definition) is 4. The van der Waals surface area contributed by atoms with Crippen LogP contribution in [0, 0.1) is 0 Å². The number of benzene rings is 3. The average molecular weight is 558 g/mol. The third-order valence-corrected chi connectivity index (χ3v) is 6.64. The minimum atomic E-state index is -4.48. The molecule has 0 fully saturated rings. The van der Waals surface area contributed by atoms with E-state index in [0.29, 0.717) is 33.6 Å². The maximum Gasteiger partial charge on any atom is 0.416 e. The second-order valence-electron chi connectivity index (χ2n) is 8.89. The molecule has 0 radical (unpaired) electrons. The van der Waals surface area contributed by atoms with Gasteiger partial charge in [-0.2, -0.15) is 13.2 Å². The molecule has 0 amide bonds. The molecular formula is C29H27ClF3N3O3. The summed E-state index contributed by atoms with van der Waals surface area (Å²) in [6.45, 7) is 2.05. The van der Waals surface area contributed by atoms with E-state index in [0.717, 1.165) is 23.3 Å². The summed E-state index contributed by atoms with van der Waals surface area (Å²) in [5.41, 5.74) is 2.11. The second-order valence-corrected chi connectivity index (χ2v) is 9.33. The standard InChI is InChI=1S/C29H27ClF3N3O3/c1-18-25(27(37)39-3)26(21-9-11-23(30)12-10-21)35-28(34-16-19-7-13-24(38-2)14-8-19)36(18)17-20-5-4-6-22(15-20)29(31,32)33/h4-15,26H,16-17H2,1-3H3,(H,34,35). The first kappa shape index (κ1) is 28.0. The molecule has 1 aliphatic heterocycles. The van der Waals surface area contributed by atoms with Crippen molar-refractivity contribution in [3.8, 4) is 5.75 Å². The fourth-order valence-electron chi connectivity index (χ4n) is 4.32. The van der Waals surface area contributed by atoms with Crippen molar-refractivity contribution in [2.24, 2.45) is 4.99 Å². The number of carbonyl (C=O) groups is 1. The number of methoxy groups -OCH3 is 2. The van der Waals surface area contributed by atoms with Crippen LogP contribution in [-0.2, 0) is 28.8 Å². The van der Waals surface area contributed by atoms with Crippen LogP contribution in [0.1, 0.15) is 35.2 Å². The van der Waals surface area contributed by atoms with E-state index in [9.17, 15) is 18.0 Å².